The summed E-state index contributed by atoms with van der Waals surface area (Å²) in [4.78, 5) is 12.7. The minimum Gasteiger partial charge on any atom is -0.308 e. The molecular weight excluding hydrogens is 327 g/mol. The number of alkyl halides is 3. The average molecular weight is 339 g/mol. The van der Waals surface area contributed by atoms with E-state index < -0.39 is 11.7 Å². The molecule has 5 heteroatoms. The van der Waals surface area contributed by atoms with Gasteiger partial charge in [-0.1, -0.05) is 36.4 Å². The van der Waals surface area contributed by atoms with Crippen LogP contribution in [0.5, 0.6) is 0 Å². The number of halogens is 3. The van der Waals surface area contributed by atoms with E-state index in [1.54, 1.807) is 54.6 Å². The molecule has 0 saturated carbocycles. The number of aromatic nitrogens is 1. The van der Waals surface area contributed by atoms with Crippen molar-refractivity contribution in [3.8, 4) is 5.69 Å². The molecule has 25 heavy (non-hydrogen) atoms. The van der Waals surface area contributed by atoms with Crippen LogP contribution in [0.1, 0.15) is 5.56 Å². The normalized spacial score (nSPS) is 12.0. The molecule has 0 N–H and O–H groups in total. The van der Waals surface area contributed by atoms with E-state index in [0.29, 0.717) is 21.8 Å². The van der Waals surface area contributed by atoms with E-state index >= 15 is 0 Å². The quantitative estimate of drug-likeness (QED) is 0.439. The second-order valence-corrected chi connectivity index (χ2v) is 5.71. The highest BCUT2D eigenvalue weighted by Crippen LogP contribution is 2.35. The van der Waals surface area contributed by atoms with Crippen molar-refractivity contribution in [1.29, 1.82) is 0 Å². The molecule has 0 bridgehead atoms. The predicted octanol–water partition coefficient (Wildman–Crippen LogP) is 5.16. The van der Waals surface area contributed by atoms with Crippen molar-refractivity contribution >= 4 is 21.8 Å². The van der Waals surface area contributed by atoms with Crippen LogP contribution in [-0.2, 0) is 6.18 Å². The number of rotatable bonds is 1. The Balaban J connectivity index is 2.27. The van der Waals surface area contributed by atoms with Crippen LogP contribution < -0.4 is 5.43 Å². The molecule has 0 spiro atoms. The SMILES string of the molecule is O=c1c2ccccc2n(-c2ccccc2C(F)(F)F)c2ccccc12. The van der Waals surface area contributed by atoms with Gasteiger partial charge in [-0.3, -0.25) is 4.79 Å². The first kappa shape index (κ1) is 15.4. The van der Waals surface area contributed by atoms with Gasteiger partial charge < -0.3 is 4.57 Å². The van der Waals surface area contributed by atoms with Gasteiger partial charge in [0.15, 0.2) is 5.43 Å². The van der Waals surface area contributed by atoms with E-state index in [1.165, 1.54) is 16.7 Å². The Morgan fingerprint density at radius 1 is 0.680 bits per heavy atom. The van der Waals surface area contributed by atoms with Crippen molar-refractivity contribution < 1.29 is 13.2 Å². The van der Waals surface area contributed by atoms with Crippen molar-refractivity contribution in [3.63, 3.8) is 0 Å². The molecule has 4 aromatic rings. The third-order valence-electron chi connectivity index (χ3n) is 4.23. The molecule has 0 saturated heterocycles. The molecule has 0 radical (unpaired) electrons. The van der Waals surface area contributed by atoms with Crippen LogP contribution in [0, 0.1) is 0 Å². The third kappa shape index (κ3) is 2.39. The van der Waals surface area contributed by atoms with Crippen LogP contribution in [0.25, 0.3) is 27.5 Å². The van der Waals surface area contributed by atoms with Crippen molar-refractivity contribution in [2.24, 2.45) is 0 Å². The molecule has 0 atom stereocenters. The minimum atomic E-state index is -4.50. The Morgan fingerprint density at radius 3 is 1.72 bits per heavy atom. The molecule has 1 aromatic heterocycles. The van der Waals surface area contributed by atoms with Crippen molar-refractivity contribution in [2.45, 2.75) is 6.18 Å². The molecule has 1 heterocycles. The molecule has 0 fully saturated rings. The number of benzene rings is 3. The fourth-order valence-electron chi connectivity index (χ4n) is 3.16. The van der Waals surface area contributed by atoms with Gasteiger partial charge >= 0.3 is 6.18 Å². The van der Waals surface area contributed by atoms with Gasteiger partial charge in [0.2, 0.25) is 0 Å². The van der Waals surface area contributed by atoms with Gasteiger partial charge in [0.05, 0.1) is 22.3 Å². The lowest BCUT2D eigenvalue weighted by atomic mass is 10.1. The van der Waals surface area contributed by atoms with Crippen LogP contribution in [0.3, 0.4) is 0 Å². The van der Waals surface area contributed by atoms with Crippen LogP contribution in [-0.4, -0.2) is 4.57 Å². The molecule has 0 unspecified atom stereocenters. The van der Waals surface area contributed by atoms with Gasteiger partial charge in [-0.15, -0.1) is 0 Å². The molecule has 4 rings (SSSR count). The Labute approximate surface area is 140 Å². The summed E-state index contributed by atoms with van der Waals surface area (Å²) in [5.74, 6) is 0. The maximum Gasteiger partial charge on any atom is 0.418 e. The molecule has 0 aliphatic carbocycles. The Hall–Kier alpha value is -3.08. The zero-order valence-electron chi connectivity index (χ0n) is 12.9. The van der Waals surface area contributed by atoms with Crippen molar-refractivity contribution in [3.05, 3.63) is 88.6 Å². The highest BCUT2D eigenvalue weighted by molar-refractivity contribution is 5.95. The topological polar surface area (TPSA) is 22.0 Å². The molecular formula is C20H12F3NO. The first-order valence-electron chi connectivity index (χ1n) is 7.67. The molecule has 0 aliphatic rings. The maximum atomic E-state index is 13.5. The van der Waals surface area contributed by atoms with Gasteiger partial charge in [0.1, 0.15) is 0 Å². The Kier molecular flexibility index (Phi) is 3.39. The lowest BCUT2D eigenvalue weighted by Crippen LogP contribution is -2.15. The highest BCUT2D eigenvalue weighted by atomic mass is 19.4. The third-order valence-corrected chi connectivity index (χ3v) is 4.23. The Bertz CT molecular complexity index is 1100. The largest absolute Gasteiger partial charge is 0.418 e. The van der Waals surface area contributed by atoms with Gasteiger partial charge in [0, 0.05) is 10.8 Å². The monoisotopic (exact) mass is 339 g/mol. The van der Waals surface area contributed by atoms with Gasteiger partial charge in [-0.05, 0) is 36.4 Å². The lowest BCUT2D eigenvalue weighted by Gasteiger charge is -2.19. The van der Waals surface area contributed by atoms with Gasteiger partial charge in [-0.2, -0.15) is 13.2 Å². The number of hydrogen-bond donors (Lipinski definition) is 0. The second-order valence-electron chi connectivity index (χ2n) is 5.71. The van der Waals surface area contributed by atoms with Crippen molar-refractivity contribution in [1.82, 2.24) is 4.57 Å². The van der Waals surface area contributed by atoms with E-state index in [0.717, 1.165) is 6.07 Å². The summed E-state index contributed by atoms with van der Waals surface area (Å²) < 4.78 is 42.1. The summed E-state index contributed by atoms with van der Waals surface area (Å²) in [6.07, 6.45) is -4.50. The van der Waals surface area contributed by atoms with Gasteiger partial charge in [-0.25, -0.2) is 0 Å². The smallest absolute Gasteiger partial charge is 0.308 e. The fourth-order valence-corrected chi connectivity index (χ4v) is 3.16. The second kappa shape index (κ2) is 5.48. The zero-order chi connectivity index (χ0) is 17.6. The number of pyridine rings is 1. The number of fused-ring (bicyclic) bond motifs is 2. The van der Waals surface area contributed by atoms with E-state index in [9.17, 15) is 18.0 Å². The van der Waals surface area contributed by atoms with E-state index in [1.807, 2.05) is 0 Å². The minimum absolute atomic E-state index is 0.00222. The first-order chi connectivity index (χ1) is 12.0. The molecule has 0 amide bonds. The summed E-state index contributed by atoms with van der Waals surface area (Å²) in [5, 5.41) is 0.774. The number of nitrogens with zero attached hydrogens (tertiary/aromatic N) is 1. The summed E-state index contributed by atoms with van der Waals surface area (Å²) in [6.45, 7) is 0. The molecule has 3 aromatic carbocycles. The molecule has 0 aliphatic heterocycles. The van der Waals surface area contributed by atoms with Crippen LogP contribution in [0.2, 0.25) is 0 Å². The molecule has 2 nitrogen and oxygen atoms in total. The van der Waals surface area contributed by atoms with Crippen LogP contribution in [0.4, 0.5) is 13.2 Å². The summed E-state index contributed by atoms with van der Waals surface area (Å²) in [5.41, 5.74) is -0.0332. The Morgan fingerprint density at radius 2 is 1.16 bits per heavy atom. The number of para-hydroxylation sites is 3. The van der Waals surface area contributed by atoms with Crippen LogP contribution >= 0.6 is 0 Å². The first-order valence-corrected chi connectivity index (χ1v) is 7.67. The van der Waals surface area contributed by atoms with Crippen LogP contribution in [0.15, 0.2) is 77.6 Å². The maximum absolute atomic E-state index is 13.5. The van der Waals surface area contributed by atoms with Gasteiger partial charge in [0.25, 0.3) is 0 Å². The fraction of sp³-hybridized carbons (Fsp3) is 0.0500. The van der Waals surface area contributed by atoms with E-state index in [4.69, 9.17) is 0 Å². The summed E-state index contributed by atoms with van der Waals surface area (Å²) in [6, 6.07) is 18.8. The molecule has 124 valence electrons. The summed E-state index contributed by atoms with van der Waals surface area (Å²) >= 11 is 0. The van der Waals surface area contributed by atoms with E-state index in [-0.39, 0.29) is 11.1 Å². The number of hydrogen-bond acceptors (Lipinski definition) is 1. The predicted molar refractivity (Wildman–Crippen MR) is 92.1 cm³/mol. The van der Waals surface area contributed by atoms with Crippen molar-refractivity contribution in [2.75, 3.05) is 0 Å². The standard InChI is InChI=1S/C20H12F3NO/c21-20(22,23)15-9-3-6-12-18(15)24-16-10-4-1-7-13(16)19(25)14-8-2-5-11-17(14)24/h1-12H. The lowest BCUT2D eigenvalue weighted by molar-refractivity contribution is -0.137. The average Bonchev–Trinajstić information content (AvgIpc) is 2.62. The highest BCUT2D eigenvalue weighted by Gasteiger charge is 2.34. The van der Waals surface area contributed by atoms with E-state index in [2.05, 4.69) is 0 Å². The summed E-state index contributed by atoms with van der Waals surface area (Å²) in [7, 11) is 0. The zero-order valence-corrected chi connectivity index (χ0v) is 12.9.